The van der Waals surface area contributed by atoms with Gasteiger partial charge in [-0.05, 0) is 74.3 Å². The van der Waals surface area contributed by atoms with Gasteiger partial charge in [-0.15, -0.1) is 0 Å². The van der Waals surface area contributed by atoms with Crippen molar-refractivity contribution in [2.45, 2.75) is 38.0 Å². The van der Waals surface area contributed by atoms with Crippen LogP contribution in [0.4, 0.5) is 14.5 Å². The Labute approximate surface area is 203 Å². The third-order valence-corrected chi connectivity index (χ3v) is 6.81. The van der Waals surface area contributed by atoms with Gasteiger partial charge in [0, 0.05) is 30.3 Å². The standard InChI is InChI=1S/C25H30ClF2N3O3/c26-19-5-7-20(8-6-19)31-14-11-18(15-31)24(33)29-22(16-30-12-1-2-13-30)23(32)17-3-9-21(10-4-17)34-25(27)28/h3-10,18,22-23,25,32H,1-2,11-16H2,(H,29,33). The van der Waals surface area contributed by atoms with Gasteiger partial charge in [0.25, 0.3) is 0 Å². The quantitative estimate of drug-likeness (QED) is 0.551. The van der Waals surface area contributed by atoms with Gasteiger partial charge in [-0.25, -0.2) is 0 Å². The topological polar surface area (TPSA) is 65.0 Å². The number of nitrogens with zero attached hydrogens (tertiary/aromatic N) is 2. The highest BCUT2D eigenvalue weighted by atomic mass is 35.5. The van der Waals surface area contributed by atoms with Gasteiger partial charge < -0.3 is 25.0 Å². The lowest BCUT2D eigenvalue weighted by Crippen LogP contribution is -2.48. The molecule has 34 heavy (non-hydrogen) atoms. The number of benzene rings is 2. The SMILES string of the molecule is O=C(NC(CN1CCCC1)C(O)c1ccc(OC(F)F)cc1)C1CCN(c2ccc(Cl)cc2)C1. The summed E-state index contributed by atoms with van der Waals surface area (Å²) in [6, 6.07) is 13.0. The van der Waals surface area contributed by atoms with Crippen LogP contribution in [-0.2, 0) is 4.79 Å². The number of hydrogen-bond acceptors (Lipinski definition) is 5. The van der Waals surface area contributed by atoms with Gasteiger partial charge in [0.05, 0.1) is 12.0 Å². The largest absolute Gasteiger partial charge is 0.435 e. The van der Waals surface area contributed by atoms with Crippen molar-refractivity contribution in [3.05, 3.63) is 59.1 Å². The molecular weight excluding hydrogens is 464 g/mol. The fourth-order valence-corrected chi connectivity index (χ4v) is 4.83. The molecule has 0 aromatic heterocycles. The summed E-state index contributed by atoms with van der Waals surface area (Å²) in [7, 11) is 0. The number of aliphatic hydroxyl groups excluding tert-OH is 1. The normalized spacial score (nSPS) is 20.5. The first-order valence-electron chi connectivity index (χ1n) is 11.6. The Morgan fingerprint density at radius 3 is 2.41 bits per heavy atom. The van der Waals surface area contributed by atoms with Crippen molar-refractivity contribution in [3.8, 4) is 5.75 Å². The number of carbonyl (C=O) groups is 1. The van der Waals surface area contributed by atoms with Crippen LogP contribution in [0.3, 0.4) is 0 Å². The highest BCUT2D eigenvalue weighted by Crippen LogP contribution is 2.27. The third kappa shape index (κ3) is 6.37. The molecule has 0 bridgehead atoms. The third-order valence-electron chi connectivity index (χ3n) is 6.56. The maximum Gasteiger partial charge on any atom is 0.387 e. The molecular formula is C25H30ClF2N3O3. The summed E-state index contributed by atoms with van der Waals surface area (Å²) in [4.78, 5) is 17.6. The highest BCUT2D eigenvalue weighted by molar-refractivity contribution is 6.30. The second kappa shape index (κ2) is 11.3. The Bertz CT molecular complexity index is 939. The number of rotatable bonds is 9. The van der Waals surface area contributed by atoms with E-state index in [1.807, 2.05) is 24.3 Å². The first kappa shape index (κ1) is 24.7. The number of ether oxygens (including phenoxy) is 1. The van der Waals surface area contributed by atoms with Gasteiger partial charge >= 0.3 is 6.61 Å². The molecule has 2 aliphatic rings. The fourth-order valence-electron chi connectivity index (χ4n) is 4.71. The van der Waals surface area contributed by atoms with E-state index in [4.69, 9.17) is 11.6 Å². The Balaban J connectivity index is 1.42. The van der Waals surface area contributed by atoms with E-state index in [0.29, 0.717) is 23.7 Å². The number of alkyl halides is 2. The van der Waals surface area contributed by atoms with Crippen LogP contribution in [0.1, 0.15) is 30.9 Å². The molecule has 184 valence electrons. The average molecular weight is 494 g/mol. The van der Waals surface area contributed by atoms with Gasteiger partial charge in [0.1, 0.15) is 11.9 Å². The summed E-state index contributed by atoms with van der Waals surface area (Å²) in [5, 5.41) is 14.9. The van der Waals surface area contributed by atoms with Gasteiger partial charge in [0.2, 0.25) is 5.91 Å². The van der Waals surface area contributed by atoms with E-state index in [2.05, 4.69) is 19.9 Å². The van der Waals surface area contributed by atoms with E-state index in [1.54, 1.807) is 12.1 Å². The van der Waals surface area contributed by atoms with Crippen LogP contribution in [0.15, 0.2) is 48.5 Å². The maximum atomic E-state index is 13.2. The van der Waals surface area contributed by atoms with Gasteiger partial charge in [-0.2, -0.15) is 8.78 Å². The van der Waals surface area contributed by atoms with Gasteiger partial charge in [-0.1, -0.05) is 23.7 Å². The minimum absolute atomic E-state index is 0.0272. The highest BCUT2D eigenvalue weighted by Gasteiger charge is 2.33. The van der Waals surface area contributed by atoms with Crippen LogP contribution in [0, 0.1) is 5.92 Å². The Kier molecular flexibility index (Phi) is 8.24. The van der Waals surface area contributed by atoms with E-state index in [9.17, 15) is 18.7 Å². The monoisotopic (exact) mass is 493 g/mol. The summed E-state index contributed by atoms with van der Waals surface area (Å²) in [6.07, 6.45) is 1.93. The number of likely N-dealkylation sites (tertiary alicyclic amines) is 1. The molecule has 0 spiro atoms. The zero-order valence-corrected chi connectivity index (χ0v) is 19.6. The molecule has 2 aromatic rings. The number of aliphatic hydroxyl groups is 1. The molecule has 6 nitrogen and oxygen atoms in total. The summed E-state index contributed by atoms with van der Waals surface area (Å²) in [6.45, 7) is 0.833. The number of amides is 1. The molecule has 2 N–H and O–H groups in total. The first-order valence-corrected chi connectivity index (χ1v) is 12.0. The van der Waals surface area contributed by atoms with E-state index < -0.39 is 18.8 Å². The predicted octanol–water partition coefficient (Wildman–Crippen LogP) is 4.08. The van der Waals surface area contributed by atoms with Gasteiger partial charge in [0.15, 0.2) is 0 Å². The lowest BCUT2D eigenvalue weighted by molar-refractivity contribution is -0.126. The molecule has 4 rings (SSSR count). The molecule has 2 aliphatic heterocycles. The Morgan fingerprint density at radius 2 is 1.76 bits per heavy atom. The molecule has 0 radical (unpaired) electrons. The minimum Gasteiger partial charge on any atom is -0.435 e. The molecule has 3 unspecified atom stereocenters. The molecule has 2 fully saturated rings. The van der Waals surface area contributed by atoms with Crippen molar-refractivity contribution in [1.82, 2.24) is 10.2 Å². The fraction of sp³-hybridized carbons (Fsp3) is 0.480. The second-order valence-electron chi connectivity index (χ2n) is 8.92. The van der Waals surface area contributed by atoms with E-state index in [-0.39, 0.29) is 17.6 Å². The van der Waals surface area contributed by atoms with E-state index in [0.717, 1.165) is 44.6 Å². The molecule has 9 heteroatoms. The zero-order valence-electron chi connectivity index (χ0n) is 18.9. The van der Waals surface area contributed by atoms with Gasteiger partial charge in [-0.3, -0.25) is 4.79 Å². The number of halogens is 3. The second-order valence-corrected chi connectivity index (χ2v) is 9.36. The number of hydrogen-bond donors (Lipinski definition) is 2. The number of nitrogens with one attached hydrogen (secondary N) is 1. The molecule has 2 aromatic carbocycles. The van der Waals surface area contributed by atoms with Crippen molar-refractivity contribution in [2.24, 2.45) is 5.92 Å². The van der Waals surface area contributed by atoms with Crippen LogP contribution in [0.25, 0.3) is 0 Å². The minimum atomic E-state index is -2.91. The molecule has 3 atom stereocenters. The van der Waals surface area contributed by atoms with E-state index in [1.165, 1.54) is 12.1 Å². The predicted molar refractivity (Wildman–Crippen MR) is 127 cm³/mol. The number of carbonyl (C=O) groups excluding carboxylic acids is 1. The first-order chi connectivity index (χ1) is 16.4. The van der Waals surface area contributed by atoms with Crippen molar-refractivity contribution >= 4 is 23.2 Å². The van der Waals surface area contributed by atoms with Crippen molar-refractivity contribution < 1.29 is 23.4 Å². The smallest absolute Gasteiger partial charge is 0.387 e. The summed E-state index contributed by atoms with van der Waals surface area (Å²) in [5.74, 6) is -0.248. The number of anilines is 1. The van der Waals surface area contributed by atoms with Crippen LogP contribution >= 0.6 is 11.6 Å². The molecule has 2 heterocycles. The van der Waals surface area contributed by atoms with Crippen LogP contribution in [0.5, 0.6) is 5.75 Å². The molecule has 0 aliphatic carbocycles. The average Bonchev–Trinajstić information content (AvgIpc) is 3.51. The summed E-state index contributed by atoms with van der Waals surface area (Å²) in [5.41, 5.74) is 1.57. The zero-order chi connectivity index (χ0) is 24.1. The summed E-state index contributed by atoms with van der Waals surface area (Å²) >= 11 is 5.98. The van der Waals surface area contributed by atoms with E-state index >= 15 is 0 Å². The molecule has 2 saturated heterocycles. The lowest BCUT2D eigenvalue weighted by Gasteiger charge is -2.30. The van der Waals surface area contributed by atoms with Crippen molar-refractivity contribution in [2.75, 3.05) is 37.6 Å². The Morgan fingerprint density at radius 1 is 1.09 bits per heavy atom. The Hall–Kier alpha value is -2.42. The summed E-state index contributed by atoms with van der Waals surface area (Å²) < 4.78 is 29.3. The van der Waals surface area contributed by atoms with Crippen molar-refractivity contribution in [3.63, 3.8) is 0 Å². The lowest BCUT2D eigenvalue weighted by atomic mass is 10.00. The van der Waals surface area contributed by atoms with Crippen molar-refractivity contribution in [1.29, 1.82) is 0 Å². The van der Waals surface area contributed by atoms with Crippen LogP contribution in [-0.4, -0.2) is 61.3 Å². The van der Waals surface area contributed by atoms with Crippen LogP contribution in [0.2, 0.25) is 5.02 Å². The van der Waals surface area contributed by atoms with Crippen LogP contribution < -0.4 is 15.0 Å². The molecule has 0 saturated carbocycles. The molecule has 1 amide bonds. The maximum absolute atomic E-state index is 13.2.